The predicted molar refractivity (Wildman–Crippen MR) is 86.8 cm³/mol. The number of amides is 1. The third-order valence-electron chi connectivity index (χ3n) is 4.03. The lowest BCUT2D eigenvalue weighted by molar-refractivity contribution is 0.0744. The molecule has 2 aromatic rings. The number of hydrogen-bond donors (Lipinski definition) is 2. The second-order valence-corrected chi connectivity index (χ2v) is 5.35. The normalized spacial score (nSPS) is 17.1. The lowest BCUT2D eigenvalue weighted by atomic mass is 10.0. The van der Waals surface area contributed by atoms with Crippen LogP contribution in [0.3, 0.4) is 0 Å². The number of carbonyl (C=O) groups is 1. The first-order chi connectivity index (χ1) is 10.2. The summed E-state index contributed by atoms with van der Waals surface area (Å²) in [6.45, 7) is 1.78. The van der Waals surface area contributed by atoms with Gasteiger partial charge in [0.05, 0.1) is 5.56 Å². The van der Waals surface area contributed by atoms with Gasteiger partial charge in [-0.15, -0.1) is 12.4 Å². The van der Waals surface area contributed by atoms with Gasteiger partial charge in [0.25, 0.3) is 5.91 Å². The SMILES string of the molecule is CN(C(=O)c1c[nH]cc1-c1ccc(F)cc1)C1CCNC1.Cl. The molecule has 1 aliphatic heterocycles. The molecule has 22 heavy (non-hydrogen) atoms. The van der Waals surface area contributed by atoms with Crippen LogP contribution in [0.1, 0.15) is 16.8 Å². The van der Waals surface area contributed by atoms with Crippen molar-refractivity contribution < 1.29 is 9.18 Å². The first-order valence-electron chi connectivity index (χ1n) is 7.07. The number of nitrogens with zero attached hydrogens (tertiary/aromatic N) is 1. The van der Waals surface area contributed by atoms with Gasteiger partial charge in [-0.1, -0.05) is 12.1 Å². The van der Waals surface area contributed by atoms with Crippen molar-refractivity contribution in [3.63, 3.8) is 0 Å². The number of nitrogens with one attached hydrogen (secondary N) is 2. The second kappa shape index (κ2) is 6.94. The largest absolute Gasteiger partial charge is 0.366 e. The standard InChI is InChI=1S/C16H18FN3O.ClH/c1-20(13-6-7-18-8-13)16(21)15-10-19-9-14(15)11-2-4-12(17)5-3-11;/h2-5,9-10,13,18-19H,6-8H2,1H3;1H. The third-order valence-corrected chi connectivity index (χ3v) is 4.03. The molecule has 3 rings (SSSR count). The van der Waals surface area contributed by atoms with Gasteiger partial charge in [0, 0.05) is 37.6 Å². The summed E-state index contributed by atoms with van der Waals surface area (Å²) in [7, 11) is 1.83. The Bertz CT molecular complexity index is 635. The van der Waals surface area contributed by atoms with Gasteiger partial charge in [-0.05, 0) is 30.7 Å². The predicted octanol–water partition coefficient (Wildman–Crippen LogP) is 2.68. The zero-order valence-electron chi connectivity index (χ0n) is 12.3. The summed E-state index contributed by atoms with van der Waals surface area (Å²) in [5.41, 5.74) is 2.26. The van der Waals surface area contributed by atoms with E-state index in [1.54, 1.807) is 29.4 Å². The maximum atomic E-state index is 13.0. The Morgan fingerprint density at radius 1 is 1.27 bits per heavy atom. The molecule has 0 radical (unpaired) electrons. The van der Waals surface area contributed by atoms with Crippen molar-refractivity contribution in [3.05, 3.63) is 48.0 Å². The Morgan fingerprint density at radius 3 is 2.64 bits per heavy atom. The summed E-state index contributed by atoms with van der Waals surface area (Å²) in [5.74, 6) is -0.291. The van der Waals surface area contributed by atoms with E-state index >= 15 is 0 Å². The van der Waals surface area contributed by atoms with Crippen LogP contribution in [-0.2, 0) is 0 Å². The van der Waals surface area contributed by atoms with Crippen LogP contribution in [0.4, 0.5) is 4.39 Å². The molecule has 0 bridgehead atoms. The third kappa shape index (κ3) is 3.15. The van der Waals surface area contributed by atoms with Gasteiger partial charge in [-0.25, -0.2) is 4.39 Å². The summed E-state index contributed by atoms with van der Waals surface area (Å²) >= 11 is 0. The minimum Gasteiger partial charge on any atom is -0.366 e. The summed E-state index contributed by atoms with van der Waals surface area (Å²) in [4.78, 5) is 17.4. The van der Waals surface area contributed by atoms with E-state index in [1.165, 1.54) is 12.1 Å². The molecule has 1 saturated heterocycles. The second-order valence-electron chi connectivity index (χ2n) is 5.35. The van der Waals surface area contributed by atoms with Gasteiger partial charge in [0.1, 0.15) is 5.82 Å². The van der Waals surface area contributed by atoms with Crippen molar-refractivity contribution >= 4 is 18.3 Å². The quantitative estimate of drug-likeness (QED) is 0.912. The van der Waals surface area contributed by atoms with E-state index in [1.807, 2.05) is 7.05 Å². The number of aromatic amines is 1. The highest BCUT2D eigenvalue weighted by Crippen LogP contribution is 2.25. The molecule has 1 aromatic heterocycles. The average molecular weight is 324 g/mol. The smallest absolute Gasteiger partial charge is 0.256 e. The number of halogens is 2. The summed E-state index contributed by atoms with van der Waals surface area (Å²) in [6.07, 6.45) is 4.46. The molecular weight excluding hydrogens is 305 g/mol. The van der Waals surface area contributed by atoms with E-state index in [2.05, 4.69) is 10.3 Å². The number of rotatable bonds is 3. The highest BCUT2D eigenvalue weighted by atomic mass is 35.5. The van der Waals surface area contributed by atoms with E-state index in [9.17, 15) is 9.18 Å². The molecule has 0 spiro atoms. The number of hydrogen-bond acceptors (Lipinski definition) is 2. The summed E-state index contributed by atoms with van der Waals surface area (Å²) < 4.78 is 13.0. The van der Waals surface area contributed by atoms with E-state index < -0.39 is 0 Å². The van der Waals surface area contributed by atoms with Crippen molar-refractivity contribution in [2.45, 2.75) is 12.5 Å². The van der Waals surface area contributed by atoms with E-state index in [4.69, 9.17) is 0 Å². The minimum absolute atomic E-state index is 0. The Labute approximate surface area is 135 Å². The zero-order valence-corrected chi connectivity index (χ0v) is 13.1. The molecule has 1 atom stereocenters. The van der Waals surface area contributed by atoms with Crippen LogP contribution in [-0.4, -0.2) is 42.0 Å². The fraction of sp³-hybridized carbons (Fsp3) is 0.312. The molecule has 0 saturated carbocycles. The molecule has 4 nitrogen and oxygen atoms in total. The van der Waals surface area contributed by atoms with Crippen molar-refractivity contribution in [2.75, 3.05) is 20.1 Å². The Kier molecular flexibility index (Phi) is 5.21. The van der Waals surface area contributed by atoms with Crippen LogP contribution in [0, 0.1) is 5.82 Å². The van der Waals surface area contributed by atoms with Gasteiger partial charge < -0.3 is 15.2 Å². The minimum atomic E-state index is -0.281. The first-order valence-corrected chi connectivity index (χ1v) is 7.07. The van der Waals surface area contributed by atoms with Crippen LogP contribution in [0.15, 0.2) is 36.7 Å². The first kappa shape index (κ1) is 16.5. The molecule has 1 aromatic carbocycles. The van der Waals surface area contributed by atoms with Crippen molar-refractivity contribution in [1.29, 1.82) is 0 Å². The summed E-state index contributed by atoms with van der Waals surface area (Å²) in [5, 5.41) is 3.26. The Balaban J connectivity index is 0.00000176. The van der Waals surface area contributed by atoms with Crippen molar-refractivity contribution in [1.82, 2.24) is 15.2 Å². The Morgan fingerprint density at radius 2 is 2.00 bits per heavy atom. The molecule has 0 aliphatic carbocycles. The molecule has 2 heterocycles. The number of benzene rings is 1. The summed E-state index contributed by atoms with van der Waals surface area (Å²) in [6, 6.07) is 6.41. The molecule has 118 valence electrons. The van der Waals surface area contributed by atoms with Crippen LogP contribution in [0.5, 0.6) is 0 Å². The number of H-pyrrole nitrogens is 1. The number of aromatic nitrogens is 1. The zero-order chi connectivity index (χ0) is 14.8. The lowest BCUT2D eigenvalue weighted by Gasteiger charge is -2.24. The number of likely N-dealkylation sites (N-methyl/N-ethyl adjacent to an activating group) is 1. The highest BCUT2D eigenvalue weighted by molar-refractivity contribution is 6.00. The van der Waals surface area contributed by atoms with Gasteiger partial charge in [-0.3, -0.25) is 4.79 Å². The monoisotopic (exact) mass is 323 g/mol. The molecular formula is C16H19ClFN3O. The van der Waals surface area contributed by atoms with Gasteiger partial charge in [-0.2, -0.15) is 0 Å². The topological polar surface area (TPSA) is 48.1 Å². The number of carbonyl (C=O) groups excluding carboxylic acids is 1. The van der Waals surface area contributed by atoms with Gasteiger partial charge >= 0.3 is 0 Å². The van der Waals surface area contributed by atoms with E-state index in [0.717, 1.165) is 30.6 Å². The average Bonchev–Trinajstić information content (AvgIpc) is 3.17. The van der Waals surface area contributed by atoms with Crippen LogP contribution >= 0.6 is 12.4 Å². The maximum Gasteiger partial charge on any atom is 0.256 e. The van der Waals surface area contributed by atoms with Crippen molar-refractivity contribution in [3.8, 4) is 11.1 Å². The van der Waals surface area contributed by atoms with Crippen molar-refractivity contribution in [2.24, 2.45) is 0 Å². The van der Waals surface area contributed by atoms with Crippen LogP contribution < -0.4 is 5.32 Å². The molecule has 1 aliphatic rings. The lowest BCUT2D eigenvalue weighted by Crippen LogP contribution is -2.38. The van der Waals surface area contributed by atoms with Crippen LogP contribution in [0.25, 0.3) is 11.1 Å². The fourth-order valence-corrected chi connectivity index (χ4v) is 2.73. The van der Waals surface area contributed by atoms with E-state index in [-0.39, 0.29) is 30.2 Å². The maximum absolute atomic E-state index is 13.0. The van der Waals surface area contributed by atoms with Crippen LogP contribution in [0.2, 0.25) is 0 Å². The molecule has 2 N–H and O–H groups in total. The van der Waals surface area contributed by atoms with Gasteiger partial charge in [0.15, 0.2) is 0 Å². The van der Waals surface area contributed by atoms with E-state index in [0.29, 0.717) is 5.56 Å². The molecule has 1 unspecified atom stereocenters. The highest BCUT2D eigenvalue weighted by Gasteiger charge is 2.26. The molecule has 1 amide bonds. The van der Waals surface area contributed by atoms with Gasteiger partial charge in [0.2, 0.25) is 0 Å². The molecule has 1 fully saturated rings. The fourth-order valence-electron chi connectivity index (χ4n) is 2.73. The Hall–Kier alpha value is -1.85. The molecule has 6 heteroatoms.